The molecule has 1 aliphatic heterocycles. The van der Waals surface area contributed by atoms with Gasteiger partial charge in [-0.1, -0.05) is 86.5 Å². The Morgan fingerprint density at radius 3 is 1.89 bits per heavy atom. The zero-order valence-corrected chi connectivity index (χ0v) is 25.1. The van der Waals surface area contributed by atoms with Crippen molar-refractivity contribution in [1.82, 2.24) is 0 Å². The SMILES string of the molecule is Cc1c(C)c2c(c(C)c1OCC(C)C)CC[C@@](C)(CCC[C@H](C)CCC[C@H](C)CCCC(C)C)O2. The van der Waals surface area contributed by atoms with Gasteiger partial charge in [0.25, 0.3) is 0 Å². The molecule has 0 aromatic heterocycles. The van der Waals surface area contributed by atoms with E-state index in [2.05, 4.69) is 69.2 Å². The van der Waals surface area contributed by atoms with Crippen LogP contribution in [0.5, 0.6) is 11.5 Å². The first kappa shape index (κ1) is 30.0. The third kappa shape index (κ3) is 9.32. The maximum Gasteiger partial charge on any atom is 0.127 e. The van der Waals surface area contributed by atoms with Gasteiger partial charge in [0.15, 0.2) is 0 Å². The van der Waals surface area contributed by atoms with Crippen LogP contribution in [0.25, 0.3) is 0 Å². The van der Waals surface area contributed by atoms with Gasteiger partial charge in [0, 0.05) is 5.56 Å². The van der Waals surface area contributed by atoms with Gasteiger partial charge in [-0.15, -0.1) is 0 Å². The summed E-state index contributed by atoms with van der Waals surface area (Å²) in [6, 6.07) is 0. The van der Waals surface area contributed by atoms with Crippen molar-refractivity contribution in [2.75, 3.05) is 6.61 Å². The fourth-order valence-corrected chi connectivity index (χ4v) is 5.73. The standard InChI is InChI=1S/C33H58O2/c1-23(2)14-11-15-25(5)16-12-17-26(6)18-13-20-33(10)21-19-30-29(9)31(34-22-24(3)4)27(7)28(8)32(30)35-33/h23-26H,11-22H2,1-10H3/t25-,26-,33-/m1/s1. The predicted octanol–water partition coefficient (Wildman–Crippen LogP) is 10.2. The van der Waals surface area contributed by atoms with Crippen molar-refractivity contribution in [1.29, 1.82) is 0 Å². The lowest BCUT2D eigenvalue weighted by atomic mass is 9.83. The summed E-state index contributed by atoms with van der Waals surface area (Å²) in [7, 11) is 0. The molecule has 0 amide bonds. The molecule has 2 nitrogen and oxygen atoms in total. The van der Waals surface area contributed by atoms with E-state index in [1.54, 1.807) is 0 Å². The summed E-state index contributed by atoms with van der Waals surface area (Å²) in [5, 5.41) is 0. The van der Waals surface area contributed by atoms with Gasteiger partial charge >= 0.3 is 0 Å². The molecule has 1 aliphatic rings. The lowest BCUT2D eigenvalue weighted by molar-refractivity contribution is 0.0511. The van der Waals surface area contributed by atoms with Crippen LogP contribution in [-0.4, -0.2) is 12.2 Å². The van der Waals surface area contributed by atoms with Crippen LogP contribution in [-0.2, 0) is 6.42 Å². The molecule has 1 heterocycles. The van der Waals surface area contributed by atoms with Crippen molar-refractivity contribution in [3.8, 4) is 11.5 Å². The van der Waals surface area contributed by atoms with Crippen molar-refractivity contribution in [2.45, 2.75) is 145 Å². The summed E-state index contributed by atoms with van der Waals surface area (Å²) in [6.45, 7) is 23.8. The monoisotopic (exact) mass is 486 g/mol. The first-order valence-electron chi connectivity index (χ1n) is 14.9. The summed E-state index contributed by atoms with van der Waals surface area (Å²) in [5.74, 6) is 5.33. The highest BCUT2D eigenvalue weighted by Gasteiger charge is 2.34. The van der Waals surface area contributed by atoms with Crippen molar-refractivity contribution in [3.63, 3.8) is 0 Å². The Morgan fingerprint density at radius 1 is 0.743 bits per heavy atom. The average Bonchev–Trinajstić information content (AvgIpc) is 2.77. The van der Waals surface area contributed by atoms with Gasteiger partial charge in [0.2, 0.25) is 0 Å². The molecule has 2 rings (SSSR count). The van der Waals surface area contributed by atoms with E-state index in [1.807, 2.05) is 0 Å². The van der Waals surface area contributed by atoms with Crippen molar-refractivity contribution in [2.24, 2.45) is 23.7 Å². The molecule has 2 heteroatoms. The number of benzene rings is 1. The van der Waals surface area contributed by atoms with E-state index in [9.17, 15) is 0 Å². The zero-order chi connectivity index (χ0) is 26.2. The highest BCUT2D eigenvalue weighted by molar-refractivity contribution is 5.59. The fourth-order valence-electron chi connectivity index (χ4n) is 5.73. The molecule has 0 saturated heterocycles. The second-order valence-electron chi connectivity index (χ2n) is 13.1. The van der Waals surface area contributed by atoms with Crippen molar-refractivity contribution < 1.29 is 9.47 Å². The van der Waals surface area contributed by atoms with E-state index in [0.717, 1.165) is 55.1 Å². The quantitative estimate of drug-likeness (QED) is 0.245. The van der Waals surface area contributed by atoms with Gasteiger partial charge in [0.1, 0.15) is 17.1 Å². The van der Waals surface area contributed by atoms with Gasteiger partial charge in [0.05, 0.1) is 6.61 Å². The van der Waals surface area contributed by atoms with E-state index in [4.69, 9.17) is 9.47 Å². The maximum atomic E-state index is 6.79. The molecule has 0 unspecified atom stereocenters. The lowest BCUT2D eigenvalue weighted by Crippen LogP contribution is -2.37. The topological polar surface area (TPSA) is 18.5 Å². The van der Waals surface area contributed by atoms with Gasteiger partial charge in [-0.2, -0.15) is 0 Å². The van der Waals surface area contributed by atoms with Gasteiger partial charge in [-0.25, -0.2) is 0 Å². The molecule has 0 radical (unpaired) electrons. The summed E-state index contributed by atoms with van der Waals surface area (Å²) in [5.41, 5.74) is 5.14. The summed E-state index contributed by atoms with van der Waals surface area (Å²) in [4.78, 5) is 0. The van der Waals surface area contributed by atoms with E-state index >= 15 is 0 Å². The molecule has 202 valence electrons. The molecule has 0 fully saturated rings. The van der Waals surface area contributed by atoms with Crippen LogP contribution in [0.2, 0.25) is 0 Å². The lowest BCUT2D eigenvalue weighted by Gasteiger charge is -2.38. The number of hydrogen-bond acceptors (Lipinski definition) is 2. The first-order chi connectivity index (χ1) is 16.4. The fraction of sp³-hybridized carbons (Fsp3) is 0.818. The molecule has 3 atom stereocenters. The summed E-state index contributed by atoms with van der Waals surface area (Å²) in [6.07, 6.45) is 14.3. The van der Waals surface area contributed by atoms with Gasteiger partial charge in [-0.05, 0) is 93.7 Å². The second kappa shape index (κ2) is 13.9. The van der Waals surface area contributed by atoms with Crippen molar-refractivity contribution >= 4 is 0 Å². The van der Waals surface area contributed by atoms with E-state index in [-0.39, 0.29) is 5.60 Å². The van der Waals surface area contributed by atoms with Crippen LogP contribution in [0, 0.1) is 44.4 Å². The Balaban J connectivity index is 1.82. The molecular formula is C33H58O2. The molecular weight excluding hydrogens is 428 g/mol. The maximum absolute atomic E-state index is 6.79. The smallest absolute Gasteiger partial charge is 0.127 e. The molecule has 0 N–H and O–H groups in total. The second-order valence-corrected chi connectivity index (χ2v) is 13.1. The molecule has 35 heavy (non-hydrogen) atoms. The largest absolute Gasteiger partial charge is 0.493 e. The molecule has 0 spiro atoms. The highest BCUT2D eigenvalue weighted by Crippen LogP contribution is 2.45. The van der Waals surface area contributed by atoms with Crippen LogP contribution >= 0.6 is 0 Å². The third-order valence-corrected chi connectivity index (χ3v) is 8.40. The number of fused-ring (bicyclic) bond motifs is 1. The third-order valence-electron chi connectivity index (χ3n) is 8.40. The van der Waals surface area contributed by atoms with Gasteiger partial charge in [-0.3, -0.25) is 0 Å². The van der Waals surface area contributed by atoms with Crippen LogP contribution in [0.15, 0.2) is 0 Å². The summed E-state index contributed by atoms with van der Waals surface area (Å²) < 4.78 is 13.0. The Morgan fingerprint density at radius 2 is 1.31 bits per heavy atom. The number of hydrogen-bond donors (Lipinski definition) is 0. The van der Waals surface area contributed by atoms with E-state index in [1.165, 1.54) is 73.6 Å². The Kier molecular flexibility index (Phi) is 12.0. The summed E-state index contributed by atoms with van der Waals surface area (Å²) >= 11 is 0. The van der Waals surface area contributed by atoms with Crippen molar-refractivity contribution in [3.05, 3.63) is 22.3 Å². The molecule has 0 bridgehead atoms. The normalized spacial score (nSPS) is 19.5. The predicted molar refractivity (Wildman–Crippen MR) is 153 cm³/mol. The minimum atomic E-state index is -0.0401. The Bertz CT molecular complexity index is 778. The molecule has 1 aromatic carbocycles. The highest BCUT2D eigenvalue weighted by atomic mass is 16.5. The minimum absolute atomic E-state index is 0.0401. The van der Waals surface area contributed by atoms with Gasteiger partial charge < -0.3 is 9.47 Å². The number of rotatable bonds is 15. The Hall–Kier alpha value is -1.18. The van der Waals surface area contributed by atoms with Crippen LogP contribution in [0.3, 0.4) is 0 Å². The molecule has 0 aliphatic carbocycles. The van der Waals surface area contributed by atoms with Crippen LogP contribution < -0.4 is 9.47 Å². The molecule has 0 saturated carbocycles. The zero-order valence-electron chi connectivity index (χ0n) is 25.1. The number of ether oxygens (including phenoxy) is 2. The molecule has 1 aromatic rings. The Labute approximate surface area is 219 Å². The average molecular weight is 487 g/mol. The van der Waals surface area contributed by atoms with E-state index < -0.39 is 0 Å². The van der Waals surface area contributed by atoms with Crippen LogP contribution in [0.4, 0.5) is 0 Å². The van der Waals surface area contributed by atoms with E-state index in [0.29, 0.717) is 5.92 Å². The minimum Gasteiger partial charge on any atom is -0.493 e. The first-order valence-corrected chi connectivity index (χ1v) is 14.9. The van der Waals surface area contributed by atoms with Crippen LogP contribution in [0.1, 0.15) is 135 Å².